The average molecular weight is 517 g/mol. The van der Waals surface area contributed by atoms with Gasteiger partial charge < -0.3 is 15.4 Å². The molecule has 2 fully saturated rings. The van der Waals surface area contributed by atoms with Gasteiger partial charge in [0.05, 0.1) is 12.6 Å². The van der Waals surface area contributed by atoms with Crippen LogP contribution in [0.25, 0.3) is 0 Å². The first-order valence-electron chi connectivity index (χ1n) is 12.9. The fourth-order valence-electron chi connectivity index (χ4n) is 5.30. The first kappa shape index (κ1) is 25.3. The number of nitrogens with zero attached hydrogens (tertiary/aromatic N) is 4. The van der Waals surface area contributed by atoms with Gasteiger partial charge >= 0.3 is 0 Å². The van der Waals surface area contributed by atoms with Gasteiger partial charge in [-0.15, -0.1) is 11.3 Å². The number of carbonyl (C=O) groups excluding carboxylic acids is 1. The third-order valence-corrected chi connectivity index (χ3v) is 8.14. The van der Waals surface area contributed by atoms with Crippen LogP contribution in [0.4, 0.5) is 10.9 Å². The molecule has 8 nitrogen and oxygen atoms in total. The summed E-state index contributed by atoms with van der Waals surface area (Å²) in [6.07, 6.45) is 3.88. The number of aromatic nitrogens is 2. The van der Waals surface area contributed by atoms with Crippen molar-refractivity contribution in [2.45, 2.75) is 37.0 Å². The summed E-state index contributed by atoms with van der Waals surface area (Å²) in [5, 5.41) is 17.8. The normalized spacial score (nSPS) is 19.6. The molecule has 2 aliphatic heterocycles. The maximum Gasteiger partial charge on any atom is 0.270 e. The van der Waals surface area contributed by atoms with Gasteiger partial charge in [-0.05, 0) is 49.9 Å². The van der Waals surface area contributed by atoms with Gasteiger partial charge in [-0.25, -0.2) is 9.97 Å². The highest BCUT2D eigenvalue weighted by Crippen LogP contribution is 2.34. The monoisotopic (exact) mass is 516 g/mol. The van der Waals surface area contributed by atoms with Crippen molar-refractivity contribution in [2.75, 3.05) is 44.7 Å². The minimum Gasteiger partial charge on any atom is -0.381 e. The van der Waals surface area contributed by atoms with Crippen molar-refractivity contribution in [3.8, 4) is 6.07 Å². The van der Waals surface area contributed by atoms with Gasteiger partial charge in [0.2, 0.25) is 0 Å². The lowest BCUT2D eigenvalue weighted by Gasteiger charge is -2.37. The second-order valence-electron chi connectivity index (χ2n) is 9.78. The van der Waals surface area contributed by atoms with Crippen molar-refractivity contribution < 1.29 is 9.53 Å². The number of amides is 1. The molecule has 2 aromatic heterocycles. The fourth-order valence-corrected chi connectivity index (χ4v) is 5.99. The summed E-state index contributed by atoms with van der Waals surface area (Å²) < 4.78 is 5.61. The van der Waals surface area contributed by atoms with Crippen molar-refractivity contribution in [2.24, 2.45) is 0 Å². The number of hydrogen-bond acceptors (Lipinski definition) is 8. The number of nitriles is 1. The van der Waals surface area contributed by atoms with Crippen LogP contribution in [0, 0.1) is 11.3 Å². The molecule has 4 heterocycles. The minimum absolute atomic E-state index is 0.126. The van der Waals surface area contributed by atoms with Crippen LogP contribution >= 0.6 is 11.3 Å². The molecule has 37 heavy (non-hydrogen) atoms. The van der Waals surface area contributed by atoms with E-state index < -0.39 is 0 Å². The molecule has 0 spiro atoms. The molecule has 0 aliphatic carbocycles. The number of pyridine rings is 1. The SMILES string of the molecule is N#CCN1CCC[C@H](c2cccc(Nc3nc(C(=O)NCC4(c5ccccc5)CCOCC4)cs3)n2)C1. The Kier molecular flexibility index (Phi) is 8.09. The van der Waals surface area contributed by atoms with E-state index in [2.05, 4.69) is 38.7 Å². The van der Waals surface area contributed by atoms with Crippen LogP contribution in [-0.2, 0) is 10.2 Å². The Balaban J connectivity index is 1.21. The number of thiazole rings is 1. The lowest BCUT2D eigenvalue weighted by molar-refractivity contribution is 0.0487. The number of nitrogens with one attached hydrogen (secondary N) is 2. The molecule has 2 aliphatic rings. The zero-order valence-electron chi connectivity index (χ0n) is 20.9. The van der Waals surface area contributed by atoms with Crippen LogP contribution in [0.3, 0.4) is 0 Å². The average Bonchev–Trinajstić information content (AvgIpc) is 3.42. The highest BCUT2D eigenvalue weighted by Gasteiger charge is 2.35. The number of piperidine rings is 1. The standard InChI is InChI=1S/C28H32N6O2S/c29-13-15-34-14-5-6-21(18-34)23-9-4-10-25(31-23)33-27-32-24(19-37-27)26(35)30-20-28(11-16-36-17-12-28)22-7-2-1-3-8-22/h1-4,7-10,19,21H,5-6,11-12,14-18,20H2,(H,30,35)(H,31,32,33)/t21-/m0/s1. The Hall–Kier alpha value is -3.32. The van der Waals surface area contributed by atoms with E-state index in [1.807, 2.05) is 36.4 Å². The van der Waals surface area contributed by atoms with Crippen molar-refractivity contribution in [1.82, 2.24) is 20.2 Å². The van der Waals surface area contributed by atoms with E-state index in [4.69, 9.17) is 15.0 Å². The first-order valence-corrected chi connectivity index (χ1v) is 13.7. The second kappa shape index (κ2) is 11.8. The number of rotatable bonds is 8. The topological polar surface area (TPSA) is 103 Å². The molecule has 1 amide bonds. The van der Waals surface area contributed by atoms with E-state index in [9.17, 15) is 4.79 Å². The molecule has 0 bridgehead atoms. The lowest BCUT2D eigenvalue weighted by atomic mass is 9.74. The van der Waals surface area contributed by atoms with E-state index in [0.29, 0.717) is 48.9 Å². The van der Waals surface area contributed by atoms with Crippen LogP contribution in [0.2, 0.25) is 0 Å². The van der Waals surface area contributed by atoms with E-state index in [-0.39, 0.29) is 11.3 Å². The van der Waals surface area contributed by atoms with Crippen molar-refractivity contribution in [3.05, 3.63) is 70.9 Å². The third-order valence-electron chi connectivity index (χ3n) is 7.38. The molecule has 3 aromatic rings. The molecule has 1 aromatic carbocycles. The van der Waals surface area contributed by atoms with E-state index in [0.717, 1.165) is 44.5 Å². The highest BCUT2D eigenvalue weighted by atomic mass is 32.1. The number of likely N-dealkylation sites (tertiary alicyclic amines) is 1. The predicted molar refractivity (Wildman–Crippen MR) is 144 cm³/mol. The molecule has 2 N–H and O–H groups in total. The summed E-state index contributed by atoms with van der Waals surface area (Å²) in [6.45, 7) is 4.21. The Bertz CT molecular complexity index is 1230. The summed E-state index contributed by atoms with van der Waals surface area (Å²) in [7, 11) is 0. The van der Waals surface area contributed by atoms with Gasteiger partial charge in [0, 0.05) is 48.7 Å². The molecular weight excluding hydrogens is 484 g/mol. The molecule has 0 unspecified atom stereocenters. The highest BCUT2D eigenvalue weighted by molar-refractivity contribution is 7.14. The summed E-state index contributed by atoms with van der Waals surface area (Å²) >= 11 is 1.39. The lowest BCUT2D eigenvalue weighted by Crippen LogP contribution is -2.44. The number of anilines is 2. The van der Waals surface area contributed by atoms with E-state index >= 15 is 0 Å². The second-order valence-corrected chi connectivity index (χ2v) is 10.6. The molecule has 0 radical (unpaired) electrons. The van der Waals surface area contributed by atoms with Crippen LogP contribution in [0.5, 0.6) is 0 Å². The molecule has 0 saturated carbocycles. The maximum atomic E-state index is 13.0. The zero-order chi connectivity index (χ0) is 25.5. The van der Waals surface area contributed by atoms with Gasteiger partial charge in [0.1, 0.15) is 11.5 Å². The maximum absolute atomic E-state index is 13.0. The number of carbonyl (C=O) groups is 1. The molecular formula is C28H32N6O2S. The van der Waals surface area contributed by atoms with Gasteiger partial charge in [-0.2, -0.15) is 5.26 Å². The minimum atomic E-state index is -0.174. The summed E-state index contributed by atoms with van der Waals surface area (Å²) in [5.41, 5.74) is 2.53. The Labute approximate surface area is 221 Å². The van der Waals surface area contributed by atoms with Gasteiger partial charge in [0.25, 0.3) is 5.91 Å². The predicted octanol–water partition coefficient (Wildman–Crippen LogP) is 4.46. The van der Waals surface area contributed by atoms with Gasteiger partial charge in [-0.1, -0.05) is 36.4 Å². The van der Waals surface area contributed by atoms with Crippen molar-refractivity contribution >= 4 is 28.2 Å². The van der Waals surface area contributed by atoms with E-state index in [1.165, 1.54) is 16.9 Å². The van der Waals surface area contributed by atoms with E-state index in [1.54, 1.807) is 5.38 Å². The first-order chi connectivity index (χ1) is 18.1. The molecule has 192 valence electrons. The van der Waals surface area contributed by atoms with Crippen LogP contribution in [-0.4, -0.2) is 60.2 Å². The Morgan fingerprint density at radius 1 is 1.16 bits per heavy atom. The number of ether oxygens (including phenoxy) is 1. The quantitative estimate of drug-likeness (QED) is 0.426. The summed E-state index contributed by atoms with van der Waals surface area (Å²) in [6, 6.07) is 18.6. The number of benzene rings is 1. The summed E-state index contributed by atoms with van der Waals surface area (Å²) in [4.78, 5) is 24.5. The van der Waals surface area contributed by atoms with Gasteiger partial charge in [-0.3, -0.25) is 9.69 Å². The summed E-state index contributed by atoms with van der Waals surface area (Å²) in [5.74, 6) is 0.845. The van der Waals surface area contributed by atoms with Crippen LogP contribution < -0.4 is 10.6 Å². The van der Waals surface area contributed by atoms with Gasteiger partial charge in [0.15, 0.2) is 5.13 Å². The largest absolute Gasteiger partial charge is 0.381 e. The molecule has 1 atom stereocenters. The fraction of sp³-hybridized carbons (Fsp3) is 0.429. The van der Waals surface area contributed by atoms with Crippen LogP contribution in [0.1, 0.15) is 53.3 Å². The van der Waals surface area contributed by atoms with Crippen molar-refractivity contribution in [3.63, 3.8) is 0 Å². The molecule has 2 saturated heterocycles. The molecule has 5 rings (SSSR count). The zero-order valence-corrected chi connectivity index (χ0v) is 21.7. The third kappa shape index (κ3) is 6.16. The van der Waals surface area contributed by atoms with Crippen LogP contribution in [0.15, 0.2) is 53.9 Å². The Morgan fingerprint density at radius 2 is 2.00 bits per heavy atom. The smallest absolute Gasteiger partial charge is 0.270 e. The Morgan fingerprint density at radius 3 is 2.81 bits per heavy atom. The molecule has 9 heteroatoms. The number of hydrogen-bond donors (Lipinski definition) is 2. The van der Waals surface area contributed by atoms with Crippen molar-refractivity contribution in [1.29, 1.82) is 5.26 Å².